The number of para-hydroxylation sites is 1. The van der Waals surface area contributed by atoms with E-state index in [1.807, 2.05) is 72.8 Å². The summed E-state index contributed by atoms with van der Waals surface area (Å²) in [4.78, 5) is 15.4. The molecule has 11 aromatic rings. The summed E-state index contributed by atoms with van der Waals surface area (Å²) >= 11 is 0. The van der Waals surface area contributed by atoms with Crippen molar-refractivity contribution in [3.63, 3.8) is 0 Å². The number of aromatic nitrogens is 3. The van der Waals surface area contributed by atoms with E-state index in [9.17, 15) is 0 Å². The highest BCUT2D eigenvalue weighted by molar-refractivity contribution is 6.13. The van der Waals surface area contributed by atoms with E-state index in [1.165, 1.54) is 33.4 Å². The minimum atomic E-state index is -0.0614. The quantitative estimate of drug-likeness (QED) is 0.175. The predicted octanol–water partition coefficient (Wildman–Crippen LogP) is 14.3. The molecule has 0 radical (unpaired) electrons. The molecule has 3 heterocycles. The van der Waals surface area contributed by atoms with Gasteiger partial charge in [0.05, 0.1) is 0 Å². The van der Waals surface area contributed by atoms with Gasteiger partial charge in [-0.2, -0.15) is 0 Å². The Kier molecular flexibility index (Phi) is 7.20. The van der Waals surface area contributed by atoms with E-state index in [4.69, 9.17) is 23.8 Å². The summed E-state index contributed by atoms with van der Waals surface area (Å²) in [5, 5.41) is 4.04. The van der Waals surface area contributed by atoms with Gasteiger partial charge >= 0.3 is 0 Å². The summed E-state index contributed by atoms with van der Waals surface area (Å²) in [7, 11) is 0. The van der Waals surface area contributed by atoms with E-state index in [-0.39, 0.29) is 5.41 Å². The van der Waals surface area contributed by atoms with Gasteiger partial charge in [0.2, 0.25) is 0 Å². The third-order valence-electron chi connectivity index (χ3n) is 12.2. The highest BCUT2D eigenvalue weighted by atomic mass is 16.3. The molecule has 278 valence electrons. The van der Waals surface area contributed by atoms with Crippen LogP contribution in [0.2, 0.25) is 0 Å². The number of nitrogens with zero attached hydrogens (tertiary/aromatic N) is 3. The zero-order valence-corrected chi connectivity index (χ0v) is 32.4. The Bertz CT molecular complexity index is 3480. The molecule has 0 spiro atoms. The average Bonchev–Trinajstić information content (AvgIpc) is 3.93. The first-order valence-electron chi connectivity index (χ1n) is 20.0. The standard InChI is InChI=1S/C54H35N3O2/c1-54(2)43-21-8-6-18-39(43)49-37(19-11-22-44(49)54)35-16-10-15-33(29-35)34-25-27-47-42(30-34)50-40(20-12-24-48(50)59-47)53-56-51(32-13-4-3-5-14-32)55-52(57-53)36-26-28-46-41(31-36)38-17-7-9-23-45(38)58-46/h3-31H,1-2H3. The van der Waals surface area contributed by atoms with E-state index < -0.39 is 0 Å². The molecule has 3 aromatic heterocycles. The van der Waals surface area contributed by atoms with Gasteiger partial charge in [-0.3, -0.25) is 0 Å². The molecule has 5 nitrogen and oxygen atoms in total. The molecule has 8 aromatic carbocycles. The first-order valence-corrected chi connectivity index (χ1v) is 20.0. The monoisotopic (exact) mass is 757 g/mol. The van der Waals surface area contributed by atoms with E-state index in [1.54, 1.807) is 0 Å². The first-order chi connectivity index (χ1) is 29.0. The van der Waals surface area contributed by atoms with Gasteiger partial charge in [0, 0.05) is 43.7 Å². The molecule has 0 saturated carbocycles. The maximum atomic E-state index is 6.53. The van der Waals surface area contributed by atoms with Crippen molar-refractivity contribution in [3.05, 3.63) is 187 Å². The second-order valence-corrected chi connectivity index (χ2v) is 16.0. The largest absolute Gasteiger partial charge is 0.456 e. The summed E-state index contributed by atoms with van der Waals surface area (Å²) in [6, 6.07) is 61.4. The van der Waals surface area contributed by atoms with Crippen LogP contribution in [0, 0.1) is 0 Å². The molecule has 0 bridgehead atoms. The molecule has 0 N–H and O–H groups in total. The number of rotatable bonds is 5. The zero-order valence-electron chi connectivity index (χ0n) is 32.4. The van der Waals surface area contributed by atoms with Crippen LogP contribution in [-0.4, -0.2) is 15.0 Å². The van der Waals surface area contributed by atoms with Crippen molar-refractivity contribution in [2.75, 3.05) is 0 Å². The van der Waals surface area contributed by atoms with Crippen LogP contribution in [0.3, 0.4) is 0 Å². The van der Waals surface area contributed by atoms with E-state index in [0.717, 1.165) is 71.7 Å². The second kappa shape index (κ2) is 12.7. The smallest absolute Gasteiger partial charge is 0.164 e. The summed E-state index contributed by atoms with van der Waals surface area (Å²) in [6.07, 6.45) is 0. The Morgan fingerprint density at radius 3 is 1.81 bits per heavy atom. The van der Waals surface area contributed by atoms with Gasteiger partial charge in [-0.25, -0.2) is 15.0 Å². The van der Waals surface area contributed by atoms with Crippen LogP contribution in [0.4, 0.5) is 0 Å². The van der Waals surface area contributed by atoms with Gasteiger partial charge < -0.3 is 8.83 Å². The van der Waals surface area contributed by atoms with Crippen molar-refractivity contribution in [3.8, 4) is 67.5 Å². The fraction of sp³-hybridized carbons (Fsp3) is 0.0556. The molecule has 0 fully saturated rings. The van der Waals surface area contributed by atoms with Crippen LogP contribution in [0.25, 0.3) is 111 Å². The highest BCUT2D eigenvalue weighted by Crippen LogP contribution is 2.52. The van der Waals surface area contributed by atoms with E-state index in [0.29, 0.717) is 17.5 Å². The van der Waals surface area contributed by atoms with Crippen molar-refractivity contribution in [2.45, 2.75) is 19.3 Å². The molecule has 0 amide bonds. The zero-order chi connectivity index (χ0) is 39.2. The Labute approximate surface area is 340 Å². The van der Waals surface area contributed by atoms with Crippen molar-refractivity contribution in [1.29, 1.82) is 0 Å². The minimum Gasteiger partial charge on any atom is -0.456 e. The van der Waals surface area contributed by atoms with Crippen LogP contribution >= 0.6 is 0 Å². The van der Waals surface area contributed by atoms with Gasteiger partial charge in [-0.05, 0) is 93.0 Å². The summed E-state index contributed by atoms with van der Waals surface area (Å²) in [5.74, 6) is 1.76. The molecular weight excluding hydrogens is 723 g/mol. The van der Waals surface area contributed by atoms with Gasteiger partial charge in [0.15, 0.2) is 17.5 Å². The lowest BCUT2D eigenvalue weighted by Crippen LogP contribution is -2.14. The molecule has 0 atom stereocenters. The topological polar surface area (TPSA) is 65.0 Å². The molecule has 59 heavy (non-hydrogen) atoms. The minimum absolute atomic E-state index is 0.0614. The Morgan fingerprint density at radius 2 is 0.915 bits per heavy atom. The summed E-state index contributed by atoms with van der Waals surface area (Å²) < 4.78 is 12.7. The van der Waals surface area contributed by atoms with Crippen molar-refractivity contribution in [1.82, 2.24) is 15.0 Å². The first kappa shape index (κ1) is 33.5. The van der Waals surface area contributed by atoms with Crippen LogP contribution in [0.15, 0.2) is 185 Å². The van der Waals surface area contributed by atoms with Gasteiger partial charge in [-0.15, -0.1) is 0 Å². The molecule has 0 aliphatic heterocycles. The van der Waals surface area contributed by atoms with Gasteiger partial charge in [0.1, 0.15) is 22.3 Å². The lowest BCUT2D eigenvalue weighted by molar-refractivity contribution is 0.660. The van der Waals surface area contributed by atoms with Crippen LogP contribution in [0.5, 0.6) is 0 Å². The number of hydrogen-bond acceptors (Lipinski definition) is 5. The molecule has 0 unspecified atom stereocenters. The summed E-state index contributed by atoms with van der Waals surface area (Å²) in [6.45, 7) is 4.66. The maximum Gasteiger partial charge on any atom is 0.164 e. The molecule has 1 aliphatic rings. The molecule has 1 aliphatic carbocycles. The van der Waals surface area contributed by atoms with Crippen LogP contribution in [-0.2, 0) is 5.41 Å². The average molecular weight is 758 g/mol. The fourth-order valence-corrected chi connectivity index (χ4v) is 9.26. The normalized spacial score (nSPS) is 13.1. The molecule has 5 heteroatoms. The van der Waals surface area contributed by atoms with Gasteiger partial charge in [-0.1, -0.05) is 141 Å². The molecule has 12 rings (SSSR count). The maximum absolute atomic E-state index is 6.53. The van der Waals surface area contributed by atoms with Crippen molar-refractivity contribution < 1.29 is 8.83 Å². The number of furan rings is 2. The summed E-state index contributed by atoms with van der Waals surface area (Å²) in [5.41, 5.74) is 15.9. The molecular formula is C54H35N3O2. The molecule has 0 saturated heterocycles. The van der Waals surface area contributed by atoms with Crippen LogP contribution < -0.4 is 0 Å². The number of hydrogen-bond donors (Lipinski definition) is 0. The Balaban J connectivity index is 1.01. The number of fused-ring (bicyclic) bond motifs is 9. The Hall–Kier alpha value is -7.63. The highest BCUT2D eigenvalue weighted by Gasteiger charge is 2.36. The number of benzene rings is 8. The lowest BCUT2D eigenvalue weighted by Gasteiger charge is -2.21. The fourth-order valence-electron chi connectivity index (χ4n) is 9.26. The van der Waals surface area contributed by atoms with Crippen molar-refractivity contribution in [2.24, 2.45) is 0 Å². The third-order valence-corrected chi connectivity index (χ3v) is 12.2. The predicted molar refractivity (Wildman–Crippen MR) is 239 cm³/mol. The lowest BCUT2D eigenvalue weighted by atomic mass is 9.82. The van der Waals surface area contributed by atoms with Crippen LogP contribution in [0.1, 0.15) is 25.0 Å². The second-order valence-electron chi connectivity index (χ2n) is 16.0. The van der Waals surface area contributed by atoms with E-state index in [2.05, 4.69) is 117 Å². The van der Waals surface area contributed by atoms with E-state index >= 15 is 0 Å². The SMILES string of the molecule is CC1(C)c2ccccc2-c2c(-c3cccc(-c4ccc5oc6cccc(-c7nc(-c8ccccc8)nc(-c8ccc9oc%10ccccc%10c9c8)n7)c6c5c4)c3)cccc21. The Morgan fingerprint density at radius 1 is 0.356 bits per heavy atom. The van der Waals surface area contributed by atoms with Gasteiger partial charge in [0.25, 0.3) is 0 Å². The third kappa shape index (κ3) is 5.21. The van der Waals surface area contributed by atoms with Crippen molar-refractivity contribution >= 4 is 43.9 Å².